The van der Waals surface area contributed by atoms with Crippen molar-refractivity contribution in [2.45, 2.75) is 76.4 Å². The first-order valence-corrected chi connectivity index (χ1v) is 13.1. The normalized spacial score (nSPS) is 17.6. The van der Waals surface area contributed by atoms with Crippen molar-refractivity contribution in [1.29, 1.82) is 0 Å². The Labute approximate surface area is 229 Å². The van der Waals surface area contributed by atoms with Crippen LogP contribution in [0.25, 0.3) is 10.9 Å². The highest BCUT2D eigenvalue weighted by atomic mass is 19.3. The third kappa shape index (κ3) is 4.99. The van der Waals surface area contributed by atoms with Gasteiger partial charge in [0.2, 0.25) is 5.91 Å². The fourth-order valence-corrected chi connectivity index (χ4v) is 5.07. The summed E-state index contributed by atoms with van der Waals surface area (Å²) in [6.07, 6.45) is -4.02. The molecule has 2 aliphatic rings. The summed E-state index contributed by atoms with van der Waals surface area (Å²) in [5.74, 6) is -0.910. The van der Waals surface area contributed by atoms with Crippen LogP contribution in [-0.2, 0) is 31.7 Å². The molecule has 0 saturated heterocycles. The van der Waals surface area contributed by atoms with Gasteiger partial charge in [-0.2, -0.15) is 0 Å². The lowest BCUT2D eigenvalue weighted by Gasteiger charge is -2.26. The summed E-state index contributed by atoms with van der Waals surface area (Å²) < 4.78 is 43.2. The maximum absolute atomic E-state index is 13.5. The highest BCUT2D eigenvalue weighted by Gasteiger charge is 2.53. The van der Waals surface area contributed by atoms with Crippen molar-refractivity contribution >= 4 is 28.5 Å². The average molecular weight is 559 g/mol. The third-order valence-electron chi connectivity index (χ3n) is 7.40. The molecule has 1 aliphatic carbocycles. The van der Waals surface area contributed by atoms with E-state index in [4.69, 9.17) is 4.74 Å². The number of anilines is 1. The van der Waals surface area contributed by atoms with Gasteiger partial charge in [0.15, 0.2) is 11.5 Å². The Kier molecular flexibility index (Phi) is 6.78. The second kappa shape index (κ2) is 9.74. The van der Waals surface area contributed by atoms with Crippen LogP contribution in [0.2, 0.25) is 0 Å². The number of aromatic nitrogens is 1. The zero-order chi connectivity index (χ0) is 29.0. The van der Waals surface area contributed by atoms with E-state index in [1.165, 1.54) is 12.1 Å². The van der Waals surface area contributed by atoms with Crippen LogP contribution in [0.5, 0.6) is 11.5 Å². The van der Waals surface area contributed by atoms with Crippen LogP contribution < -0.4 is 14.8 Å². The Morgan fingerprint density at radius 2 is 1.80 bits per heavy atom. The molecule has 0 bridgehead atoms. The largest absolute Gasteiger partial charge is 0.586 e. The first kappa shape index (κ1) is 27.9. The van der Waals surface area contributed by atoms with E-state index in [-0.39, 0.29) is 30.1 Å². The Morgan fingerprint density at radius 3 is 2.45 bits per heavy atom. The van der Waals surface area contributed by atoms with Gasteiger partial charge in [0.25, 0.3) is 0 Å². The van der Waals surface area contributed by atoms with E-state index < -0.39 is 35.8 Å². The molecule has 3 aromatic rings. The molecule has 40 heavy (non-hydrogen) atoms. The van der Waals surface area contributed by atoms with Gasteiger partial charge >= 0.3 is 12.3 Å². The van der Waals surface area contributed by atoms with Crippen LogP contribution in [0.1, 0.15) is 51.8 Å². The second-order valence-corrected chi connectivity index (χ2v) is 11.2. The number of aliphatic hydroxyl groups is 2. The molecule has 2 aromatic carbocycles. The number of nitrogens with zero attached hydrogens (tertiary/aromatic N) is 1. The van der Waals surface area contributed by atoms with Crippen molar-refractivity contribution in [1.82, 2.24) is 4.57 Å². The zero-order valence-electron chi connectivity index (χ0n) is 22.7. The quantitative estimate of drug-likeness (QED) is 0.337. The summed E-state index contributed by atoms with van der Waals surface area (Å²) in [6.45, 7) is 6.58. The van der Waals surface area contributed by atoms with E-state index in [1.807, 2.05) is 6.07 Å². The molecule has 2 heterocycles. The molecule has 214 valence electrons. The van der Waals surface area contributed by atoms with Gasteiger partial charge in [-0.1, -0.05) is 6.07 Å². The summed E-state index contributed by atoms with van der Waals surface area (Å²) in [5, 5.41) is 23.3. The average Bonchev–Trinajstić information content (AvgIpc) is 3.52. The van der Waals surface area contributed by atoms with E-state index >= 15 is 0 Å². The minimum atomic E-state index is -3.74. The lowest BCUT2D eigenvalue weighted by Crippen LogP contribution is -2.36. The van der Waals surface area contributed by atoms with Crippen molar-refractivity contribution in [3.8, 4) is 11.5 Å². The number of ether oxygens (including phenoxy) is 3. The number of hydrogen-bond donors (Lipinski definition) is 3. The Morgan fingerprint density at radius 1 is 1.10 bits per heavy atom. The van der Waals surface area contributed by atoms with Crippen LogP contribution in [0.4, 0.5) is 14.5 Å². The first-order chi connectivity index (χ1) is 18.8. The van der Waals surface area contributed by atoms with Crippen LogP contribution >= 0.6 is 0 Å². The van der Waals surface area contributed by atoms with Crippen molar-refractivity contribution in [3.05, 3.63) is 53.7 Å². The predicted molar refractivity (Wildman–Crippen MR) is 141 cm³/mol. The van der Waals surface area contributed by atoms with Crippen molar-refractivity contribution in [2.24, 2.45) is 0 Å². The Bertz CT molecular complexity index is 1480. The summed E-state index contributed by atoms with van der Waals surface area (Å²) in [5.41, 5.74) is 0.392. The third-order valence-corrected chi connectivity index (χ3v) is 7.40. The minimum absolute atomic E-state index is 0.0473. The second-order valence-electron chi connectivity index (χ2n) is 11.2. The first-order valence-electron chi connectivity index (χ1n) is 13.1. The number of aliphatic hydroxyl groups excluding tert-OH is 2. The summed E-state index contributed by atoms with van der Waals surface area (Å²) >= 11 is 0. The van der Waals surface area contributed by atoms with Gasteiger partial charge in [-0.25, -0.2) is 0 Å². The Balaban J connectivity index is 1.44. The molecular formula is C29H32F2N2O7. The molecular weight excluding hydrogens is 526 g/mol. The molecule has 0 unspecified atom stereocenters. The summed E-state index contributed by atoms with van der Waals surface area (Å²) in [4.78, 5) is 26.4. The van der Waals surface area contributed by atoms with Gasteiger partial charge < -0.3 is 34.3 Å². The van der Waals surface area contributed by atoms with Gasteiger partial charge in [-0.15, -0.1) is 8.78 Å². The number of halogens is 2. The molecule has 0 spiro atoms. The lowest BCUT2D eigenvalue weighted by atomic mass is 9.89. The number of benzene rings is 2. The molecule has 0 radical (unpaired) electrons. The number of esters is 1. The predicted octanol–water partition coefficient (Wildman–Crippen LogP) is 4.22. The van der Waals surface area contributed by atoms with Crippen molar-refractivity contribution in [3.63, 3.8) is 0 Å². The molecule has 1 saturated carbocycles. The molecule has 1 fully saturated rings. The van der Waals surface area contributed by atoms with Crippen LogP contribution in [0, 0.1) is 0 Å². The number of hydrogen-bond acceptors (Lipinski definition) is 7. The summed E-state index contributed by atoms with van der Waals surface area (Å²) in [7, 11) is 0. The van der Waals surface area contributed by atoms with E-state index in [1.54, 1.807) is 56.5 Å². The topological polar surface area (TPSA) is 119 Å². The van der Waals surface area contributed by atoms with E-state index in [2.05, 4.69) is 14.8 Å². The maximum Gasteiger partial charge on any atom is 0.586 e. The standard InChI is InChI=1S/C29H32F2N2O7/c1-16(2)38-26(37)27(3,4)24-12-17-11-19(6-7-21(17)33(24)14-20(35)15-34)32-25(36)28(9-10-28)18-5-8-22-23(13-18)40-29(30,31)39-22/h5-8,11-13,16,20,34-35H,9-10,14-15H2,1-4H3,(H,32,36)/t20-/m1/s1. The number of alkyl halides is 2. The molecule has 9 nitrogen and oxygen atoms in total. The number of amides is 1. The molecule has 1 amide bonds. The SMILES string of the molecule is CC(C)OC(=O)C(C)(C)c1cc2cc(NC(=O)C3(c4ccc5c(c4)OC(F)(F)O5)CC3)ccc2n1C[C@@H](O)CO. The number of fused-ring (bicyclic) bond motifs is 2. The molecule has 3 N–H and O–H groups in total. The van der Waals surface area contributed by atoms with Gasteiger partial charge in [0.1, 0.15) is 5.41 Å². The van der Waals surface area contributed by atoms with Gasteiger partial charge in [-0.3, -0.25) is 9.59 Å². The number of carbonyl (C=O) groups excluding carboxylic acids is 2. The molecule has 1 aliphatic heterocycles. The van der Waals surface area contributed by atoms with E-state index in [0.29, 0.717) is 40.7 Å². The molecule has 11 heteroatoms. The number of carbonyl (C=O) groups is 2. The van der Waals surface area contributed by atoms with E-state index in [9.17, 15) is 28.6 Å². The maximum atomic E-state index is 13.5. The molecule has 1 aromatic heterocycles. The monoisotopic (exact) mass is 558 g/mol. The van der Waals surface area contributed by atoms with Crippen LogP contribution in [0.15, 0.2) is 42.5 Å². The summed E-state index contributed by atoms with van der Waals surface area (Å²) in [6, 6.07) is 11.4. The molecule has 1 atom stereocenters. The lowest BCUT2D eigenvalue weighted by molar-refractivity contribution is -0.286. The fraction of sp³-hybridized carbons (Fsp3) is 0.448. The Hall–Kier alpha value is -3.70. The number of rotatable bonds is 9. The fourth-order valence-electron chi connectivity index (χ4n) is 5.07. The number of nitrogens with one attached hydrogen (secondary N) is 1. The minimum Gasteiger partial charge on any atom is -0.462 e. The highest BCUT2D eigenvalue weighted by molar-refractivity contribution is 6.03. The van der Waals surface area contributed by atoms with Crippen molar-refractivity contribution < 1.29 is 42.8 Å². The van der Waals surface area contributed by atoms with Gasteiger partial charge in [-0.05, 0) is 82.5 Å². The van der Waals surface area contributed by atoms with Gasteiger partial charge in [0.05, 0.1) is 30.8 Å². The highest BCUT2D eigenvalue weighted by Crippen LogP contribution is 2.52. The van der Waals surface area contributed by atoms with Crippen molar-refractivity contribution in [2.75, 3.05) is 11.9 Å². The smallest absolute Gasteiger partial charge is 0.462 e. The molecule has 5 rings (SSSR count). The van der Waals surface area contributed by atoms with Crippen LogP contribution in [0.3, 0.4) is 0 Å². The van der Waals surface area contributed by atoms with Gasteiger partial charge in [0, 0.05) is 22.3 Å². The van der Waals surface area contributed by atoms with Crippen LogP contribution in [-0.4, -0.2) is 51.8 Å². The van der Waals surface area contributed by atoms with E-state index in [0.717, 1.165) is 0 Å². The zero-order valence-corrected chi connectivity index (χ0v) is 22.7.